The highest BCUT2D eigenvalue weighted by molar-refractivity contribution is 5.69. The van der Waals surface area contributed by atoms with Crippen LogP contribution in [0.3, 0.4) is 0 Å². The van der Waals surface area contributed by atoms with Crippen LogP contribution in [0.4, 0.5) is 0 Å². The molecule has 0 aliphatic carbocycles. The summed E-state index contributed by atoms with van der Waals surface area (Å²) < 4.78 is 10.6. The zero-order valence-electron chi connectivity index (χ0n) is 10.0. The largest absolute Gasteiger partial charge is 0.481 e. The first-order chi connectivity index (χ1) is 8.08. The molecule has 0 aromatic heterocycles. The first-order valence-corrected chi connectivity index (χ1v) is 5.70. The fourth-order valence-electron chi connectivity index (χ4n) is 1.85. The minimum atomic E-state index is -0.747. The molecule has 1 aromatic rings. The summed E-state index contributed by atoms with van der Waals surface area (Å²) in [4.78, 5) is 10.7. The van der Waals surface area contributed by atoms with E-state index < -0.39 is 5.97 Å². The van der Waals surface area contributed by atoms with E-state index in [-0.39, 0.29) is 12.7 Å². The molecule has 1 N–H and O–H groups in total. The molecule has 1 aromatic carbocycles. The van der Waals surface area contributed by atoms with Crippen LogP contribution in [-0.2, 0) is 11.2 Å². The molecule has 4 heteroatoms. The molecule has 0 amide bonds. The van der Waals surface area contributed by atoms with Crippen LogP contribution in [-0.4, -0.2) is 17.9 Å². The van der Waals surface area contributed by atoms with Gasteiger partial charge in [-0.25, -0.2) is 0 Å². The van der Waals surface area contributed by atoms with Gasteiger partial charge in [-0.05, 0) is 43.0 Å². The van der Waals surface area contributed by atoms with Crippen molar-refractivity contribution >= 4 is 5.97 Å². The lowest BCUT2D eigenvalue weighted by Gasteiger charge is -2.09. The Balaban J connectivity index is 2.09. The summed E-state index contributed by atoms with van der Waals surface area (Å²) in [6.07, 6.45) is 1.38. The van der Waals surface area contributed by atoms with Crippen molar-refractivity contribution in [2.75, 3.05) is 6.79 Å². The van der Waals surface area contributed by atoms with Crippen molar-refractivity contribution in [2.45, 2.75) is 26.7 Å². The summed E-state index contributed by atoms with van der Waals surface area (Å²) in [6, 6.07) is 3.90. The molecule has 2 rings (SSSR count). The first kappa shape index (κ1) is 11.8. The second-order valence-corrected chi connectivity index (χ2v) is 4.41. The highest BCUT2D eigenvalue weighted by Crippen LogP contribution is 2.35. The molecule has 1 heterocycles. The van der Waals surface area contributed by atoms with E-state index in [0.717, 1.165) is 29.0 Å². The van der Waals surface area contributed by atoms with Crippen LogP contribution >= 0.6 is 0 Å². The zero-order chi connectivity index (χ0) is 12.4. The third kappa shape index (κ3) is 2.52. The van der Waals surface area contributed by atoms with Crippen LogP contribution in [0.1, 0.15) is 24.5 Å². The Morgan fingerprint density at radius 3 is 2.71 bits per heavy atom. The van der Waals surface area contributed by atoms with Crippen molar-refractivity contribution in [3.05, 3.63) is 23.3 Å². The molecule has 4 nitrogen and oxygen atoms in total. The number of benzene rings is 1. The highest BCUT2D eigenvalue weighted by atomic mass is 16.7. The number of fused-ring (bicyclic) bond motifs is 1. The second-order valence-electron chi connectivity index (χ2n) is 4.41. The summed E-state index contributed by atoms with van der Waals surface area (Å²) in [5, 5.41) is 8.84. The standard InChI is InChI=1S/C13H16O4/c1-8(13(14)15)3-4-10-6-12-11(5-9(10)2)16-7-17-12/h5-6,8H,3-4,7H2,1-2H3,(H,14,15). The molecule has 1 atom stereocenters. The lowest BCUT2D eigenvalue weighted by atomic mass is 9.98. The number of hydrogen-bond acceptors (Lipinski definition) is 3. The second kappa shape index (κ2) is 4.65. The summed E-state index contributed by atoms with van der Waals surface area (Å²) >= 11 is 0. The molecule has 92 valence electrons. The van der Waals surface area contributed by atoms with Gasteiger partial charge in [0.25, 0.3) is 0 Å². The number of carboxylic acid groups (broad SMARTS) is 1. The monoisotopic (exact) mass is 236 g/mol. The van der Waals surface area contributed by atoms with Crippen LogP contribution in [0.25, 0.3) is 0 Å². The number of carbonyl (C=O) groups is 1. The van der Waals surface area contributed by atoms with Gasteiger partial charge in [-0.2, -0.15) is 0 Å². The van der Waals surface area contributed by atoms with Gasteiger partial charge in [0.15, 0.2) is 11.5 Å². The number of aliphatic carboxylic acids is 1. The first-order valence-electron chi connectivity index (χ1n) is 5.70. The number of aryl methyl sites for hydroxylation is 2. The summed E-state index contributed by atoms with van der Waals surface area (Å²) in [6.45, 7) is 4.00. The molecule has 0 saturated carbocycles. The number of carboxylic acids is 1. The van der Waals surface area contributed by atoms with E-state index in [2.05, 4.69) is 0 Å². The van der Waals surface area contributed by atoms with E-state index in [1.165, 1.54) is 0 Å². The Bertz CT molecular complexity index is 439. The molecular formula is C13H16O4. The molecule has 0 fully saturated rings. The van der Waals surface area contributed by atoms with Gasteiger partial charge in [0.2, 0.25) is 6.79 Å². The molecular weight excluding hydrogens is 220 g/mol. The van der Waals surface area contributed by atoms with E-state index in [0.29, 0.717) is 6.42 Å². The van der Waals surface area contributed by atoms with Gasteiger partial charge in [-0.1, -0.05) is 6.92 Å². The Hall–Kier alpha value is -1.71. The maximum absolute atomic E-state index is 10.7. The third-order valence-corrected chi connectivity index (χ3v) is 3.10. The van der Waals surface area contributed by atoms with E-state index in [1.807, 2.05) is 19.1 Å². The van der Waals surface area contributed by atoms with Crippen LogP contribution in [0.15, 0.2) is 12.1 Å². The molecule has 1 aliphatic heterocycles. The van der Waals surface area contributed by atoms with Crippen LogP contribution in [0.2, 0.25) is 0 Å². The average molecular weight is 236 g/mol. The van der Waals surface area contributed by atoms with Crippen molar-refractivity contribution in [1.29, 1.82) is 0 Å². The maximum atomic E-state index is 10.7. The lowest BCUT2D eigenvalue weighted by Crippen LogP contribution is -2.10. The highest BCUT2D eigenvalue weighted by Gasteiger charge is 2.17. The molecule has 0 bridgehead atoms. The van der Waals surface area contributed by atoms with Crippen molar-refractivity contribution < 1.29 is 19.4 Å². The van der Waals surface area contributed by atoms with Gasteiger partial charge in [-0.3, -0.25) is 4.79 Å². The van der Waals surface area contributed by atoms with Crippen LogP contribution in [0, 0.1) is 12.8 Å². The molecule has 0 saturated heterocycles. The van der Waals surface area contributed by atoms with Gasteiger partial charge in [-0.15, -0.1) is 0 Å². The molecule has 17 heavy (non-hydrogen) atoms. The fourth-order valence-corrected chi connectivity index (χ4v) is 1.85. The van der Waals surface area contributed by atoms with Gasteiger partial charge < -0.3 is 14.6 Å². The minimum absolute atomic E-state index is 0.268. The third-order valence-electron chi connectivity index (χ3n) is 3.10. The SMILES string of the molecule is Cc1cc2c(cc1CCC(C)C(=O)O)OCO2. The normalized spacial score (nSPS) is 14.7. The number of hydrogen-bond donors (Lipinski definition) is 1. The summed E-state index contributed by atoms with van der Waals surface area (Å²) in [5.41, 5.74) is 2.24. The maximum Gasteiger partial charge on any atom is 0.306 e. The minimum Gasteiger partial charge on any atom is -0.481 e. The fraction of sp³-hybridized carbons (Fsp3) is 0.462. The molecule has 0 spiro atoms. The van der Waals surface area contributed by atoms with Gasteiger partial charge in [0.05, 0.1) is 5.92 Å². The topological polar surface area (TPSA) is 55.8 Å². The average Bonchev–Trinajstić information content (AvgIpc) is 2.72. The molecule has 1 aliphatic rings. The van der Waals surface area contributed by atoms with Crippen molar-refractivity contribution in [2.24, 2.45) is 5.92 Å². The van der Waals surface area contributed by atoms with Gasteiger partial charge >= 0.3 is 5.97 Å². The predicted molar refractivity (Wildman–Crippen MR) is 62.4 cm³/mol. The van der Waals surface area contributed by atoms with Gasteiger partial charge in [0.1, 0.15) is 0 Å². The summed E-state index contributed by atoms with van der Waals surface area (Å²) in [5.74, 6) is 0.467. The zero-order valence-corrected chi connectivity index (χ0v) is 10.0. The van der Waals surface area contributed by atoms with E-state index in [1.54, 1.807) is 6.92 Å². The Morgan fingerprint density at radius 1 is 1.41 bits per heavy atom. The number of rotatable bonds is 4. The summed E-state index contributed by atoms with van der Waals surface area (Å²) in [7, 11) is 0. The predicted octanol–water partition coefficient (Wildman–Crippen LogP) is 2.38. The Morgan fingerprint density at radius 2 is 2.06 bits per heavy atom. The van der Waals surface area contributed by atoms with E-state index >= 15 is 0 Å². The molecule has 1 unspecified atom stereocenters. The smallest absolute Gasteiger partial charge is 0.306 e. The lowest BCUT2D eigenvalue weighted by molar-refractivity contribution is -0.141. The van der Waals surface area contributed by atoms with Gasteiger partial charge in [0, 0.05) is 0 Å². The molecule has 0 radical (unpaired) electrons. The Kier molecular flexibility index (Phi) is 3.22. The van der Waals surface area contributed by atoms with Crippen molar-refractivity contribution in [1.82, 2.24) is 0 Å². The Labute approximate surface area is 100 Å². The van der Waals surface area contributed by atoms with Crippen LogP contribution < -0.4 is 9.47 Å². The quantitative estimate of drug-likeness (QED) is 0.872. The van der Waals surface area contributed by atoms with Crippen LogP contribution in [0.5, 0.6) is 11.5 Å². The van der Waals surface area contributed by atoms with Crippen molar-refractivity contribution in [3.63, 3.8) is 0 Å². The van der Waals surface area contributed by atoms with E-state index in [9.17, 15) is 4.79 Å². The number of ether oxygens (including phenoxy) is 2. The van der Waals surface area contributed by atoms with E-state index in [4.69, 9.17) is 14.6 Å². The van der Waals surface area contributed by atoms with Crippen molar-refractivity contribution in [3.8, 4) is 11.5 Å².